The van der Waals surface area contributed by atoms with Gasteiger partial charge in [-0.05, 0) is 43.9 Å². The van der Waals surface area contributed by atoms with E-state index in [1.54, 1.807) is 24.3 Å². The monoisotopic (exact) mass is 303 g/mol. The normalized spacial score (nSPS) is 20.0. The molecule has 0 bridgehead atoms. The lowest BCUT2D eigenvalue weighted by Gasteiger charge is -2.21. The molecule has 0 radical (unpaired) electrons. The molecule has 3 nitrogen and oxygen atoms in total. The van der Waals surface area contributed by atoms with Gasteiger partial charge >= 0.3 is 5.97 Å². The number of hydrogen-bond donors (Lipinski definition) is 0. The summed E-state index contributed by atoms with van der Waals surface area (Å²) in [5, 5.41) is 4.37. The van der Waals surface area contributed by atoms with E-state index in [-0.39, 0.29) is 0 Å². The summed E-state index contributed by atoms with van der Waals surface area (Å²) in [6.45, 7) is 7.96. The molecule has 0 saturated heterocycles. The van der Waals surface area contributed by atoms with Gasteiger partial charge in [0.2, 0.25) is 0 Å². The van der Waals surface area contributed by atoms with Crippen LogP contribution in [0.1, 0.15) is 37.0 Å². The van der Waals surface area contributed by atoms with Gasteiger partial charge in [-0.2, -0.15) is 0 Å². The summed E-state index contributed by atoms with van der Waals surface area (Å²) >= 11 is 5.96. The third-order valence-corrected chi connectivity index (χ3v) is 3.96. The summed E-state index contributed by atoms with van der Waals surface area (Å²) in [4.78, 5) is 17.0. The maximum Gasteiger partial charge on any atom is 0.367 e. The molecule has 1 aliphatic rings. The number of hydrogen-bond acceptors (Lipinski definition) is 3. The molecule has 0 aromatic heterocycles. The lowest BCUT2D eigenvalue weighted by Crippen LogP contribution is -2.16. The van der Waals surface area contributed by atoms with E-state index in [1.807, 2.05) is 13.8 Å². The van der Waals surface area contributed by atoms with Crippen molar-refractivity contribution in [1.29, 1.82) is 0 Å². The number of oxime groups is 1. The fourth-order valence-corrected chi connectivity index (χ4v) is 2.38. The summed E-state index contributed by atoms with van der Waals surface area (Å²) in [6, 6.07) is 6.76. The first kappa shape index (κ1) is 15.5. The van der Waals surface area contributed by atoms with Gasteiger partial charge in [0.25, 0.3) is 0 Å². The van der Waals surface area contributed by atoms with Crippen LogP contribution in [0.2, 0.25) is 5.02 Å². The molecule has 21 heavy (non-hydrogen) atoms. The van der Waals surface area contributed by atoms with E-state index in [9.17, 15) is 4.79 Å². The Kier molecular flexibility index (Phi) is 4.97. The Labute approximate surface area is 129 Å². The summed E-state index contributed by atoms with van der Waals surface area (Å²) in [6.07, 6.45) is 3.80. The second-order valence-corrected chi connectivity index (χ2v) is 5.67. The van der Waals surface area contributed by atoms with Gasteiger partial charge in [-0.3, -0.25) is 0 Å². The Balaban J connectivity index is 2.12. The van der Waals surface area contributed by atoms with E-state index < -0.39 is 5.97 Å². The SMILES string of the molecule is C=C(C)C1CC=C(C)/C(=N/OC(=O)c2ccccc2Cl)C1. The van der Waals surface area contributed by atoms with Crippen LogP contribution >= 0.6 is 11.6 Å². The van der Waals surface area contributed by atoms with Gasteiger partial charge in [0, 0.05) is 6.42 Å². The average molecular weight is 304 g/mol. The van der Waals surface area contributed by atoms with Crippen LogP contribution in [0.5, 0.6) is 0 Å². The number of carbonyl (C=O) groups excluding carboxylic acids is 1. The topological polar surface area (TPSA) is 38.7 Å². The standard InChI is InChI=1S/C17H18ClNO2/c1-11(2)13-9-8-12(3)16(10-13)19-21-17(20)14-6-4-5-7-15(14)18/h4-8,13H,1,9-10H2,2-3H3/b19-16+. The molecule has 0 heterocycles. The molecule has 4 heteroatoms. The van der Waals surface area contributed by atoms with Crippen LogP contribution in [0.3, 0.4) is 0 Å². The predicted octanol–water partition coefficient (Wildman–Crippen LogP) is 4.79. The van der Waals surface area contributed by atoms with Crippen molar-refractivity contribution < 1.29 is 9.63 Å². The van der Waals surface area contributed by atoms with Crippen LogP contribution in [-0.4, -0.2) is 11.7 Å². The molecule has 110 valence electrons. The van der Waals surface area contributed by atoms with Crippen molar-refractivity contribution >= 4 is 23.3 Å². The van der Waals surface area contributed by atoms with Gasteiger partial charge in [-0.25, -0.2) is 4.79 Å². The predicted molar refractivity (Wildman–Crippen MR) is 85.6 cm³/mol. The van der Waals surface area contributed by atoms with Gasteiger partial charge in [-0.1, -0.05) is 47.1 Å². The van der Waals surface area contributed by atoms with Gasteiger partial charge in [0.05, 0.1) is 16.3 Å². The highest BCUT2D eigenvalue weighted by molar-refractivity contribution is 6.33. The van der Waals surface area contributed by atoms with E-state index in [2.05, 4.69) is 17.8 Å². The zero-order valence-electron chi connectivity index (χ0n) is 12.2. The molecule has 1 atom stereocenters. The van der Waals surface area contributed by atoms with Crippen molar-refractivity contribution in [2.24, 2.45) is 11.1 Å². The van der Waals surface area contributed by atoms with Crippen molar-refractivity contribution in [3.63, 3.8) is 0 Å². The highest BCUT2D eigenvalue weighted by Crippen LogP contribution is 2.27. The quantitative estimate of drug-likeness (QED) is 0.457. The van der Waals surface area contributed by atoms with Crippen LogP contribution < -0.4 is 0 Å². The van der Waals surface area contributed by atoms with Crippen molar-refractivity contribution in [2.75, 3.05) is 0 Å². The van der Waals surface area contributed by atoms with Crippen LogP contribution in [0.4, 0.5) is 0 Å². The Bertz CT molecular complexity index is 631. The number of nitrogens with zero attached hydrogens (tertiary/aromatic N) is 1. The molecule has 0 fully saturated rings. The summed E-state index contributed by atoms with van der Waals surface area (Å²) in [5.41, 5.74) is 3.26. The van der Waals surface area contributed by atoms with Gasteiger partial charge < -0.3 is 4.84 Å². The first-order chi connectivity index (χ1) is 9.99. The van der Waals surface area contributed by atoms with E-state index in [4.69, 9.17) is 16.4 Å². The Morgan fingerprint density at radius 3 is 2.81 bits per heavy atom. The smallest absolute Gasteiger partial charge is 0.312 e. The molecule has 1 aromatic rings. The highest BCUT2D eigenvalue weighted by atomic mass is 35.5. The first-order valence-electron chi connectivity index (χ1n) is 6.84. The maximum atomic E-state index is 12.0. The van der Waals surface area contributed by atoms with Crippen molar-refractivity contribution in [3.05, 3.63) is 58.7 Å². The molecule has 0 amide bonds. The lowest BCUT2D eigenvalue weighted by atomic mass is 9.85. The summed E-state index contributed by atoms with van der Waals surface area (Å²) in [5.74, 6) is -0.190. The zero-order chi connectivity index (χ0) is 15.4. The van der Waals surface area contributed by atoms with E-state index in [0.717, 1.165) is 29.7 Å². The third kappa shape index (κ3) is 3.82. The molecule has 1 aliphatic carbocycles. The highest BCUT2D eigenvalue weighted by Gasteiger charge is 2.20. The fraction of sp³-hybridized carbons (Fsp3) is 0.294. The van der Waals surface area contributed by atoms with Gasteiger partial charge in [0.1, 0.15) is 0 Å². The van der Waals surface area contributed by atoms with Gasteiger partial charge in [-0.15, -0.1) is 0 Å². The van der Waals surface area contributed by atoms with Crippen LogP contribution in [0.15, 0.2) is 53.2 Å². The van der Waals surface area contributed by atoms with Crippen molar-refractivity contribution in [2.45, 2.75) is 26.7 Å². The Morgan fingerprint density at radius 1 is 1.43 bits per heavy atom. The fourth-order valence-electron chi connectivity index (χ4n) is 2.17. The number of carbonyl (C=O) groups is 1. The first-order valence-corrected chi connectivity index (χ1v) is 7.22. The number of allylic oxidation sites excluding steroid dienone is 3. The third-order valence-electron chi connectivity index (χ3n) is 3.63. The molecule has 0 spiro atoms. The molecular weight excluding hydrogens is 286 g/mol. The lowest BCUT2D eigenvalue weighted by molar-refractivity contribution is 0.0515. The van der Waals surface area contributed by atoms with Crippen LogP contribution in [0.25, 0.3) is 0 Å². The maximum absolute atomic E-state index is 12.0. The largest absolute Gasteiger partial charge is 0.367 e. The van der Waals surface area contributed by atoms with E-state index in [0.29, 0.717) is 16.5 Å². The Morgan fingerprint density at radius 2 is 2.14 bits per heavy atom. The van der Waals surface area contributed by atoms with E-state index >= 15 is 0 Å². The Hall–Kier alpha value is -1.87. The molecule has 1 unspecified atom stereocenters. The second kappa shape index (κ2) is 6.72. The number of benzene rings is 1. The molecular formula is C17H18ClNO2. The number of halogens is 1. The number of rotatable bonds is 3. The zero-order valence-corrected chi connectivity index (χ0v) is 13.0. The summed E-state index contributed by atoms with van der Waals surface area (Å²) in [7, 11) is 0. The minimum absolute atomic E-state index is 0.317. The summed E-state index contributed by atoms with van der Waals surface area (Å²) < 4.78 is 0. The second-order valence-electron chi connectivity index (χ2n) is 5.27. The minimum Gasteiger partial charge on any atom is -0.312 e. The van der Waals surface area contributed by atoms with Crippen molar-refractivity contribution in [1.82, 2.24) is 0 Å². The molecule has 0 N–H and O–H groups in total. The van der Waals surface area contributed by atoms with Gasteiger partial charge in [0.15, 0.2) is 0 Å². The average Bonchev–Trinajstić information content (AvgIpc) is 2.46. The molecule has 0 saturated carbocycles. The minimum atomic E-state index is -0.543. The molecule has 0 aliphatic heterocycles. The molecule has 1 aromatic carbocycles. The van der Waals surface area contributed by atoms with Crippen LogP contribution in [0, 0.1) is 5.92 Å². The van der Waals surface area contributed by atoms with Crippen LogP contribution in [-0.2, 0) is 4.84 Å². The molecule has 2 rings (SSSR count). The van der Waals surface area contributed by atoms with Crippen molar-refractivity contribution in [3.8, 4) is 0 Å². The van der Waals surface area contributed by atoms with E-state index in [1.165, 1.54) is 0 Å².